The number of hydrogen-bond donors (Lipinski definition) is 1. The molecule has 2 aliphatic rings. The Morgan fingerprint density at radius 3 is 2.94 bits per heavy atom. The molecule has 0 amide bonds. The van der Waals surface area contributed by atoms with Gasteiger partial charge in [0, 0.05) is 19.5 Å². The smallest absolute Gasteiger partial charge is 0.292 e. The van der Waals surface area contributed by atoms with Crippen molar-refractivity contribution in [2.75, 3.05) is 19.7 Å². The molecule has 1 atom stereocenters. The lowest BCUT2D eigenvalue weighted by molar-refractivity contribution is -0.420. The normalized spacial score (nSPS) is 26.6. The summed E-state index contributed by atoms with van der Waals surface area (Å²) in [7, 11) is -3.95. The molecule has 2 rings (SSSR count). The molecule has 18 heavy (non-hydrogen) atoms. The number of aliphatic hydroxyl groups is 1. The van der Waals surface area contributed by atoms with Crippen LogP contribution < -0.4 is 0 Å². The van der Waals surface area contributed by atoms with Crippen molar-refractivity contribution in [2.45, 2.75) is 12.5 Å². The largest absolute Gasteiger partial charge is 0.492 e. The highest BCUT2D eigenvalue weighted by atomic mass is 32.2. The Bertz CT molecular complexity index is 523. The zero-order chi connectivity index (χ0) is 13.3. The van der Waals surface area contributed by atoms with Crippen molar-refractivity contribution in [1.29, 1.82) is 0 Å². The van der Waals surface area contributed by atoms with Gasteiger partial charge in [0.25, 0.3) is 5.70 Å². The average Bonchev–Trinajstić information content (AvgIpc) is 2.32. The molecule has 1 saturated heterocycles. The van der Waals surface area contributed by atoms with Gasteiger partial charge >= 0.3 is 0 Å². The van der Waals surface area contributed by atoms with Crippen LogP contribution in [0, 0.1) is 10.1 Å². The lowest BCUT2D eigenvalue weighted by Crippen LogP contribution is -2.45. The van der Waals surface area contributed by atoms with Crippen LogP contribution in [-0.2, 0) is 14.8 Å². The number of rotatable bonds is 3. The van der Waals surface area contributed by atoms with E-state index in [0.29, 0.717) is 6.42 Å². The van der Waals surface area contributed by atoms with Crippen molar-refractivity contribution < 1.29 is 23.2 Å². The first kappa shape index (κ1) is 13.0. The van der Waals surface area contributed by atoms with Crippen molar-refractivity contribution in [3.8, 4) is 0 Å². The number of aliphatic hydroxyl groups excluding tert-OH is 1. The minimum atomic E-state index is -3.95. The fraction of sp³-hybridized carbons (Fsp3) is 0.556. The summed E-state index contributed by atoms with van der Waals surface area (Å²) in [5.41, 5.74) is -0.464. The third-order valence-corrected chi connectivity index (χ3v) is 4.89. The average molecular weight is 276 g/mol. The second kappa shape index (κ2) is 4.67. The van der Waals surface area contributed by atoms with E-state index in [1.807, 2.05) is 0 Å². The van der Waals surface area contributed by atoms with Gasteiger partial charge in [-0.3, -0.25) is 10.1 Å². The minimum Gasteiger partial charge on any atom is -0.492 e. The van der Waals surface area contributed by atoms with Crippen molar-refractivity contribution in [3.63, 3.8) is 0 Å². The lowest BCUT2D eigenvalue weighted by atomic mass is 10.1. The van der Waals surface area contributed by atoms with E-state index in [1.54, 1.807) is 0 Å². The van der Waals surface area contributed by atoms with Gasteiger partial charge in [-0.25, -0.2) is 8.42 Å². The molecule has 0 aromatic carbocycles. The molecule has 0 aromatic rings. The quantitative estimate of drug-likeness (QED) is 0.545. The van der Waals surface area contributed by atoms with Gasteiger partial charge in [-0.1, -0.05) is 0 Å². The second-order valence-corrected chi connectivity index (χ2v) is 5.76. The third-order valence-electron chi connectivity index (χ3n) is 2.82. The number of ether oxygens (including phenoxy) is 1. The molecule has 1 fully saturated rings. The Balaban J connectivity index is 2.52. The molecule has 2 aliphatic heterocycles. The van der Waals surface area contributed by atoms with E-state index >= 15 is 0 Å². The van der Waals surface area contributed by atoms with E-state index < -0.39 is 26.7 Å². The first-order chi connectivity index (χ1) is 8.48. The van der Waals surface area contributed by atoms with E-state index in [9.17, 15) is 18.5 Å². The van der Waals surface area contributed by atoms with Crippen molar-refractivity contribution >= 4 is 10.0 Å². The number of hydrogen-bond acceptors (Lipinski definition) is 6. The summed E-state index contributed by atoms with van der Waals surface area (Å²) in [6.45, 7) is -0.231. The molecule has 0 aromatic heterocycles. The SMILES string of the molecule is O=[N+]([O-])C1=C2C(CCN(CCO)S2(=O)=O)OC=C1. The highest BCUT2D eigenvalue weighted by molar-refractivity contribution is 7.93. The van der Waals surface area contributed by atoms with Crippen LogP contribution in [0.1, 0.15) is 6.42 Å². The van der Waals surface area contributed by atoms with E-state index in [-0.39, 0.29) is 24.6 Å². The first-order valence-electron chi connectivity index (χ1n) is 5.30. The second-order valence-electron chi connectivity index (χ2n) is 3.85. The van der Waals surface area contributed by atoms with E-state index in [1.165, 1.54) is 0 Å². The van der Waals surface area contributed by atoms with Crippen LogP contribution in [0.4, 0.5) is 0 Å². The Labute approximate surface area is 103 Å². The third kappa shape index (κ3) is 2.00. The summed E-state index contributed by atoms with van der Waals surface area (Å²) in [4.78, 5) is 9.81. The predicted octanol–water partition coefficient (Wildman–Crippen LogP) is -0.585. The van der Waals surface area contributed by atoms with Gasteiger partial charge in [0.15, 0.2) is 4.91 Å². The molecule has 0 radical (unpaired) electrons. The van der Waals surface area contributed by atoms with Crippen LogP contribution >= 0.6 is 0 Å². The number of nitrogens with zero attached hydrogens (tertiary/aromatic N) is 2. The Morgan fingerprint density at radius 2 is 2.33 bits per heavy atom. The standard InChI is InChI=1S/C9H12N2O6S/c12-5-4-10-3-1-8-9(18(10,15)16)7(11(13)14)2-6-17-8/h2,6,8,12H,1,3-5H2. The minimum absolute atomic E-state index is 0.0761. The molecule has 2 heterocycles. The number of β-amino-alcohol motifs (C(OH)–C–C–N with tert-alkyl or cyclic N) is 1. The van der Waals surface area contributed by atoms with Crippen LogP contribution in [0.2, 0.25) is 0 Å². The number of fused-ring (bicyclic) bond motifs is 1. The Hall–Kier alpha value is -1.45. The molecule has 1 N–H and O–H groups in total. The van der Waals surface area contributed by atoms with Crippen LogP contribution in [-0.4, -0.2) is 48.6 Å². The number of nitro groups is 1. The summed E-state index contributed by atoms with van der Waals surface area (Å²) in [5.74, 6) is 0. The molecule has 0 aliphatic carbocycles. The molecule has 0 spiro atoms. The van der Waals surface area contributed by atoms with E-state index in [0.717, 1.165) is 16.6 Å². The molecule has 9 heteroatoms. The Kier molecular flexibility index (Phi) is 3.37. The zero-order valence-electron chi connectivity index (χ0n) is 9.35. The maximum atomic E-state index is 12.2. The Morgan fingerprint density at radius 1 is 1.61 bits per heavy atom. The molecule has 8 nitrogen and oxygen atoms in total. The molecule has 1 unspecified atom stereocenters. The summed E-state index contributed by atoms with van der Waals surface area (Å²) >= 11 is 0. The van der Waals surface area contributed by atoms with Gasteiger partial charge in [0.2, 0.25) is 10.0 Å². The number of allylic oxidation sites excluding steroid dienone is 1. The van der Waals surface area contributed by atoms with E-state index in [4.69, 9.17) is 9.84 Å². The van der Waals surface area contributed by atoms with Crippen LogP contribution in [0.15, 0.2) is 22.9 Å². The maximum Gasteiger partial charge on any atom is 0.292 e. The monoisotopic (exact) mass is 276 g/mol. The van der Waals surface area contributed by atoms with Crippen molar-refractivity contribution in [2.24, 2.45) is 0 Å². The fourth-order valence-corrected chi connectivity index (χ4v) is 3.88. The van der Waals surface area contributed by atoms with Gasteiger partial charge in [-0.05, 0) is 0 Å². The van der Waals surface area contributed by atoms with Gasteiger partial charge < -0.3 is 9.84 Å². The lowest BCUT2D eigenvalue weighted by Gasteiger charge is -2.33. The van der Waals surface area contributed by atoms with Crippen LogP contribution in [0.25, 0.3) is 0 Å². The highest BCUT2D eigenvalue weighted by Crippen LogP contribution is 2.33. The summed E-state index contributed by atoms with van der Waals surface area (Å²) < 4.78 is 30.5. The van der Waals surface area contributed by atoms with Crippen LogP contribution in [0.3, 0.4) is 0 Å². The molecule has 0 saturated carbocycles. The molecular formula is C9H12N2O6S. The zero-order valence-corrected chi connectivity index (χ0v) is 10.2. The maximum absolute atomic E-state index is 12.2. The first-order valence-corrected chi connectivity index (χ1v) is 6.74. The predicted molar refractivity (Wildman–Crippen MR) is 60.2 cm³/mol. The van der Waals surface area contributed by atoms with E-state index in [2.05, 4.69) is 0 Å². The summed E-state index contributed by atoms with van der Waals surface area (Å²) in [5, 5.41) is 19.7. The van der Waals surface area contributed by atoms with Gasteiger partial charge in [-0.2, -0.15) is 4.31 Å². The number of sulfonamides is 1. The van der Waals surface area contributed by atoms with Gasteiger partial charge in [-0.15, -0.1) is 0 Å². The highest BCUT2D eigenvalue weighted by Gasteiger charge is 2.44. The van der Waals surface area contributed by atoms with Gasteiger partial charge in [0.1, 0.15) is 6.10 Å². The van der Waals surface area contributed by atoms with Crippen molar-refractivity contribution in [1.82, 2.24) is 4.31 Å². The topological polar surface area (TPSA) is 110 Å². The molecule has 100 valence electrons. The fourth-order valence-electron chi connectivity index (χ4n) is 2.02. The molecular weight excluding hydrogens is 264 g/mol. The summed E-state index contributed by atoms with van der Waals surface area (Å²) in [6, 6.07) is 0. The van der Waals surface area contributed by atoms with Gasteiger partial charge in [0.05, 0.1) is 23.9 Å². The summed E-state index contributed by atoms with van der Waals surface area (Å²) in [6.07, 6.45) is 1.70. The van der Waals surface area contributed by atoms with Crippen molar-refractivity contribution in [3.05, 3.63) is 33.1 Å². The van der Waals surface area contributed by atoms with Crippen LogP contribution in [0.5, 0.6) is 0 Å². The molecule has 0 bridgehead atoms.